The third-order valence-electron chi connectivity index (χ3n) is 4.89. The summed E-state index contributed by atoms with van der Waals surface area (Å²) in [6, 6.07) is 17.0. The molecule has 0 spiro atoms. The first-order valence-electron chi connectivity index (χ1n) is 9.20. The zero-order valence-corrected chi connectivity index (χ0v) is 17.2. The van der Waals surface area contributed by atoms with Crippen LogP contribution in [0.4, 0.5) is 0 Å². The Morgan fingerprint density at radius 2 is 1.83 bits per heavy atom. The molecule has 3 aromatic rings. The van der Waals surface area contributed by atoms with Crippen molar-refractivity contribution in [1.29, 1.82) is 5.26 Å². The molecule has 0 aliphatic carbocycles. The molecule has 1 aromatic heterocycles. The van der Waals surface area contributed by atoms with Crippen LogP contribution >= 0.6 is 11.6 Å². The molecule has 1 unspecified atom stereocenters. The molecule has 0 fully saturated rings. The first-order valence-corrected chi connectivity index (χ1v) is 9.58. The number of benzene rings is 2. The molecule has 2 aromatic carbocycles. The number of halogens is 1. The van der Waals surface area contributed by atoms with Crippen LogP contribution in [0.25, 0.3) is 0 Å². The Bertz CT molecular complexity index is 1200. The van der Waals surface area contributed by atoms with E-state index in [1.54, 1.807) is 55.5 Å². The number of hydrogen-bond donors (Lipinski definition) is 1. The highest BCUT2D eigenvalue weighted by Crippen LogP contribution is 2.29. The number of aromatic hydroxyl groups is 1. The summed E-state index contributed by atoms with van der Waals surface area (Å²) >= 11 is 6.05. The third-order valence-corrected chi connectivity index (χ3v) is 5.20. The maximum Gasteiger partial charge on any atom is 0.272 e. The van der Waals surface area contributed by atoms with Gasteiger partial charge in [-0.05, 0) is 37.1 Å². The van der Waals surface area contributed by atoms with Crippen molar-refractivity contribution in [2.45, 2.75) is 19.9 Å². The highest BCUT2D eigenvalue weighted by atomic mass is 35.5. The van der Waals surface area contributed by atoms with Gasteiger partial charge in [0.2, 0.25) is 11.7 Å². The Hall–Kier alpha value is -3.56. The number of nitrogens with zero attached hydrogens (tertiary/aromatic N) is 2. The molecule has 0 bridgehead atoms. The van der Waals surface area contributed by atoms with Crippen LogP contribution in [0.5, 0.6) is 11.6 Å². The van der Waals surface area contributed by atoms with E-state index in [9.17, 15) is 20.0 Å². The zero-order chi connectivity index (χ0) is 21.8. The molecule has 0 aliphatic rings. The van der Waals surface area contributed by atoms with E-state index in [0.717, 1.165) is 10.1 Å². The van der Waals surface area contributed by atoms with E-state index in [1.165, 1.54) is 6.92 Å². The SMILES string of the molecule is Cc1c(C(=O)COc2ccccc2Cl)c(O)n(C(C)c2ccccc2)c(=O)c1C#N. The van der Waals surface area contributed by atoms with Crippen molar-refractivity contribution in [3.63, 3.8) is 0 Å². The normalized spacial score (nSPS) is 11.5. The smallest absolute Gasteiger partial charge is 0.272 e. The second-order valence-corrected chi connectivity index (χ2v) is 7.12. The molecular formula is C23H19ClN2O4. The lowest BCUT2D eigenvalue weighted by Gasteiger charge is -2.21. The summed E-state index contributed by atoms with van der Waals surface area (Å²) in [6.07, 6.45) is 0. The number of nitriles is 1. The number of para-hydroxylation sites is 1. The molecule has 6 nitrogen and oxygen atoms in total. The minimum Gasteiger partial charge on any atom is -0.494 e. The number of carbonyl (C=O) groups is 1. The largest absolute Gasteiger partial charge is 0.494 e. The topological polar surface area (TPSA) is 92.3 Å². The van der Waals surface area contributed by atoms with Crippen molar-refractivity contribution < 1.29 is 14.6 Å². The van der Waals surface area contributed by atoms with Crippen molar-refractivity contribution in [2.24, 2.45) is 0 Å². The lowest BCUT2D eigenvalue weighted by Crippen LogP contribution is -2.30. The molecule has 1 N–H and O–H groups in total. The molecule has 7 heteroatoms. The molecule has 0 saturated carbocycles. The molecule has 152 valence electrons. The van der Waals surface area contributed by atoms with Gasteiger partial charge in [0, 0.05) is 0 Å². The molecule has 1 heterocycles. The molecule has 0 aliphatic heterocycles. The van der Waals surface area contributed by atoms with Gasteiger partial charge in [-0.25, -0.2) is 0 Å². The van der Waals surface area contributed by atoms with Crippen molar-refractivity contribution in [3.8, 4) is 17.7 Å². The van der Waals surface area contributed by atoms with Gasteiger partial charge in [-0.1, -0.05) is 54.1 Å². The van der Waals surface area contributed by atoms with Crippen LogP contribution < -0.4 is 10.3 Å². The van der Waals surface area contributed by atoms with E-state index in [2.05, 4.69) is 0 Å². The molecule has 0 saturated heterocycles. The molecule has 0 amide bonds. The number of carbonyl (C=O) groups excluding carboxylic acids is 1. The van der Waals surface area contributed by atoms with Gasteiger partial charge in [-0.2, -0.15) is 5.26 Å². The minimum atomic E-state index is -0.660. The molecule has 3 rings (SSSR count). The maximum atomic E-state index is 12.9. The van der Waals surface area contributed by atoms with Gasteiger partial charge in [0.05, 0.1) is 16.6 Å². The number of aromatic nitrogens is 1. The molecule has 30 heavy (non-hydrogen) atoms. The van der Waals surface area contributed by atoms with Crippen LogP contribution in [-0.4, -0.2) is 22.1 Å². The minimum absolute atomic E-state index is 0.115. The van der Waals surface area contributed by atoms with Crippen molar-refractivity contribution in [3.05, 3.63) is 92.2 Å². The average molecular weight is 423 g/mol. The van der Waals surface area contributed by atoms with Crippen LogP contribution in [0.3, 0.4) is 0 Å². The lowest BCUT2D eigenvalue weighted by molar-refractivity contribution is 0.0916. The van der Waals surface area contributed by atoms with Gasteiger partial charge in [0.15, 0.2) is 6.61 Å². The standard InChI is InChI=1S/C23H19ClN2O4/c1-14-17(12-25)22(28)26(15(2)16-8-4-3-5-9-16)23(29)21(14)19(27)13-30-20-11-7-6-10-18(20)24/h3-11,15,29H,13H2,1-2H3. The van der Waals surface area contributed by atoms with Gasteiger partial charge in [0.25, 0.3) is 5.56 Å². The van der Waals surface area contributed by atoms with E-state index >= 15 is 0 Å². The van der Waals surface area contributed by atoms with Crippen LogP contribution in [0.15, 0.2) is 59.4 Å². The first-order chi connectivity index (χ1) is 14.4. The highest BCUT2D eigenvalue weighted by Gasteiger charge is 2.27. The summed E-state index contributed by atoms with van der Waals surface area (Å²) in [5.74, 6) is -0.757. The van der Waals surface area contributed by atoms with Gasteiger partial charge >= 0.3 is 0 Å². The quantitative estimate of drug-likeness (QED) is 0.599. The van der Waals surface area contributed by atoms with Gasteiger partial charge in [-0.3, -0.25) is 14.2 Å². The van der Waals surface area contributed by atoms with Gasteiger partial charge in [0.1, 0.15) is 17.4 Å². The number of Topliss-reactive ketones (excluding diaryl/α,β-unsaturated/α-hetero) is 1. The Morgan fingerprint density at radius 3 is 2.47 bits per heavy atom. The lowest BCUT2D eigenvalue weighted by atomic mass is 10.00. The number of rotatable bonds is 6. The second kappa shape index (κ2) is 8.85. The summed E-state index contributed by atoms with van der Waals surface area (Å²) in [7, 11) is 0. The Balaban J connectivity index is 2.06. The summed E-state index contributed by atoms with van der Waals surface area (Å²) in [4.78, 5) is 25.8. The molecular weight excluding hydrogens is 404 g/mol. The van der Waals surface area contributed by atoms with E-state index in [1.807, 2.05) is 12.1 Å². The predicted octanol–water partition coefficient (Wildman–Crippen LogP) is 4.26. The highest BCUT2D eigenvalue weighted by molar-refractivity contribution is 6.32. The fraction of sp³-hybridized carbons (Fsp3) is 0.174. The molecule has 0 radical (unpaired) electrons. The van der Waals surface area contributed by atoms with E-state index in [-0.39, 0.29) is 16.7 Å². The van der Waals surface area contributed by atoms with E-state index < -0.39 is 29.9 Å². The number of hydrogen-bond acceptors (Lipinski definition) is 5. The Kier molecular flexibility index (Phi) is 6.24. The van der Waals surface area contributed by atoms with Crippen LogP contribution in [0.1, 0.15) is 40.0 Å². The Labute approximate surface area is 178 Å². The monoisotopic (exact) mass is 422 g/mol. The second-order valence-electron chi connectivity index (χ2n) is 6.71. The Morgan fingerprint density at radius 1 is 1.20 bits per heavy atom. The van der Waals surface area contributed by atoms with Crippen LogP contribution in [0, 0.1) is 18.3 Å². The average Bonchev–Trinajstić information content (AvgIpc) is 2.74. The van der Waals surface area contributed by atoms with Crippen LogP contribution in [-0.2, 0) is 0 Å². The van der Waals surface area contributed by atoms with Crippen LogP contribution in [0.2, 0.25) is 5.02 Å². The number of pyridine rings is 1. The first kappa shape index (κ1) is 21.2. The summed E-state index contributed by atoms with van der Waals surface area (Å²) < 4.78 is 6.55. The number of ether oxygens (including phenoxy) is 1. The van der Waals surface area contributed by atoms with Gasteiger partial charge in [-0.15, -0.1) is 0 Å². The van der Waals surface area contributed by atoms with Crippen molar-refractivity contribution in [2.75, 3.05) is 6.61 Å². The fourth-order valence-corrected chi connectivity index (χ4v) is 3.46. The third kappa shape index (κ3) is 3.93. The maximum absolute atomic E-state index is 12.9. The number of ketones is 1. The predicted molar refractivity (Wildman–Crippen MR) is 113 cm³/mol. The summed E-state index contributed by atoms with van der Waals surface area (Å²) in [5.41, 5.74) is -0.122. The van der Waals surface area contributed by atoms with E-state index in [4.69, 9.17) is 16.3 Å². The van der Waals surface area contributed by atoms with Gasteiger partial charge < -0.3 is 9.84 Å². The van der Waals surface area contributed by atoms with Crippen molar-refractivity contribution >= 4 is 17.4 Å². The van der Waals surface area contributed by atoms with E-state index in [0.29, 0.717) is 10.8 Å². The zero-order valence-electron chi connectivity index (χ0n) is 16.4. The summed E-state index contributed by atoms with van der Waals surface area (Å²) in [6.45, 7) is 2.75. The summed E-state index contributed by atoms with van der Waals surface area (Å²) in [5, 5.41) is 20.7. The fourth-order valence-electron chi connectivity index (χ4n) is 3.27. The molecule has 1 atom stereocenters. The van der Waals surface area contributed by atoms with Crippen molar-refractivity contribution in [1.82, 2.24) is 4.57 Å².